The minimum absolute atomic E-state index is 0.0221. The topological polar surface area (TPSA) is 64.4 Å². The molecule has 0 spiro atoms. The Kier molecular flexibility index (Phi) is 4.37. The minimum Gasteiger partial charge on any atom is -0.372 e. The number of nitrogens with zero attached hydrogens (tertiary/aromatic N) is 3. The van der Waals surface area contributed by atoms with E-state index in [1.807, 2.05) is 13.8 Å². The second kappa shape index (κ2) is 6.53. The fourth-order valence-corrected chi connectivity index (χ4v) is 5.14. The number of hydrogen-bond acceptors (Lipinski definition) is 5. The molecule has 0 radical (unpaired) electrons. The van der Waals surface area contributed by atoms with Crippen molar-refractivity contribution < 1.29 is 9.53 Å². The third-order valence-corrected chi connectivity index (χ3v) is 6.22. The molecule has 134 valence electrons. The number of aromatic nitrogens is 2. The third kappa shape index (κ3) is 3.11. The second-order valence-electron chi connectivity index (χ2n) is 7.12. The quantitative estimate of drug-likeness (QED) is 0.820. The van der Waals surface area contributed by atoms with Gasteiger partial charge in [-0.3, -0.25) is 14.2 Å². The van der Waals surface area contributed by atoms with Crippen molar-refractivity contribution in [3.05, 3.63) is 27.1 Å². The number of amides is 1. The van der Waals surface area contributed by atoms with Crippen molar-refractivity contribution in [2.24, 2.45) is 0 Å². The van der Waals surface area contributed by atoms with E-state index < -0.39 is 0 Å². The summed E-state index contributed by atoms with van der Waals surface area (Å²) < 4.78 is 7.15. The molecule has 0 N–H and O–H groups in total. The standard InChI is InChI=1S/C18H23N3O3S/c1-11-7-20(8-12(2)24-11)15(22)9-21-10-19-17-16(18(21)23)13-5-3-4-6-14(13)25-17/h10-12H,3-9H2,1-2H3/t11-,12+. The molecule has 4 rings (SSSR count). The molecule has 0 aromatic carbocycles. The summed E-state index contributed by atoms with van der Waals surface area (Å²) in [5.41, 5.74) is 1.09. The number of morpholine rings is 1. The molecule has 0 saturated carbocycles. The summed E-state index contributed by atoms with van der Waals surface area (Å²) in [7, 11) is 0. The van der Waals surface area contributed by atoms with Gasteiger partial charge < -0.3 is 9.64 Å². The van der Waals surface area contributed by atoms with Gasteiger partial charge in [-0.1, -0.05) is 0 Å². The summed E-state index contributed by atoms with van der Waals surface area (Å²) in [5.74, 6) is -0.0469. The van der Waals surface area contributed by atoms with Gasteiger partial charge in [0.15, 0.2) is 0 Å². The molecule has 1 saturated heterocycles. The minimum atomic E-state index is -0.0768. The van der Waals surface area contributed by atoms with E-state index in [9.17, 15) is 9.59 Å². The van der Waals surface area contributed by atoms with E-state index >= 15 is 0 Å². The van der Waals surface area contributed by atoms with Crippen LogP contribution in [-0.2, 0) is 28.9 Å². The molecule has 7 heteroatoms. The molecule has 2 aromatic rings. The van der Waals surface area contributed by atoms with Gasteiger partial charge in [0.2, 0.25) is 5.91 Å². The largest absolute Gasteiger partial charge is 0.372 e. The molecule has 2 aromatic heterocycles. The van der Waals surface area contributed by atoms with E-state index in [0.29, 0.717) is 13.1 Å². The summed E-state index contributed by atoms with van der Waals surface area (Å²) in [6.45, 7) is 5.12. The van der Waals surface area contributed by atoms with E-state index in [1.165, 1.54) is 27.8 Å². The number of ether oxygens (including phenoxy) is 1. The molecule has 1 aliphatic heterocycles. The molecule has 2 aliphatic rings. The van der Waals surface area contributed by atoms with Crippen LogP contribution in [0.25, 0.3) is 10.2 Å². The third-order valence-electron chi connectivity index (χ3n) is 5.02. The molecule has 0 unspecified atom stereocenters. The lowest BCUT2D eigenvalue weighted by atomic mass is 9.97. The Morgan fingerprint density at radius 1 is 1.28 bits per heavy atom. The Morgan fingerprint density at radius 2 is 2.00 bits per heavy atom. The highest BCUT2D eigenvalue weighted by molar-refractivity contribution is 7.18. The van der Waals surface area contributed by atoms with E-state index in [1.54, 1.807) is 16.2 Å². The van der Waals surface area contributed by atoms with Gasteiger partial charge in [-0.05, 0) is 45.1 Å². The van der Waals surface area contributed by atoms with Gasteiger partial charge in [0.1, 0.15) is 11.4 Å². The molecule has 1 fully saturated rings. The number of aryl methyl sites for hydroxylation is 2. The van der Waals surface area contributed by atoms with Crippen LogP contribution in [0.2, 0.25) is 0 Å². The van der Waals surface area contributed by atoms with Gasteiger partial charge in [-0.25, -0.2) is 4.98 Å². The normalized spacial score (nSPS) is 23.7. The Morgan fingerprint density at radius 3 is 2.76 bits per heavy atom. The number of hydrogen-bond donors (Lipinski definition) is 0. The number of rotatable bonds is 2. The summed E-state index contributed by atoms with van der Waals surface area (Å²) in [5, 5.41) is 0.735. The van der Waals surface area contributed by atoms with Crippen molar-refractivity contribution in [1.82, 2.24) is 14.5 Å². The maximum Gasteiger partial charge on any atom is 0.262 e. The average molecular weight is 361 g/mol. The lowest BCUT2D eigenvalue weighted by Crippen LogP contribution is -2.49. The zero-order chi connectivity index (χ0) is 17.6. The molecular formula is C18H23N3O3S. The van der Waals surface area contributed by atoms with Crippen LogP contribution >= 0.6 is 11.3 Å². The number of fused-ring (bicyclic) bond motifs is 3. The average Bonchev–Trinajstić information content (AvgIpc) is 2.95. The van der Waals surface area contributed by atoms with Crippen LogP contribution in [0.5, 0.6) is 0 Å². The van der Waals surface area contributed by atoms with Gasteiger partial charge in [-0.15, -0.1) is 11.3 Å². The molecule has 25 heavy (non-hydrogen) atoms. The van der Waals surface area contributed by atoms with Crippen molar-refractivity contribution >= 4 is 27.5 Å². The van der Waals surface area contributed by atoms with Crippen LogP contribution in [0.4, 0.5) is 0 Å². The summed E-state index contributed by atoms with van der Waals surface area (Å²) in [6.07, 6.45) is 5.86. The van der Waals surface area contributed by atoms with Crippen molar-refractivity contribution in [3.63, 3.8) is 0 Å². The fraction of sp³-hybridized carbons (Fsp3) is 0.611. The Labute approximate surface area is 150 Å². The first-order valence-electron chi connectivity index (χ1n) is 8.96. The van der Waals surface area contributed by atoms with Crippen LogP contribution in [0.3, 0.4) is 0 Å². The van der Waals surface area contributed by atoms with Crippen molar-refractivity contribution in [2.45, 2.75) is 58.3 Å². The highest BCUT2D eigenvalue weighted by Crippen LogP contribution is 2.33. The zero-order valence-corrected chi connectivity index (χ0v) is 15.5. The van der Waals surface area contributed by atoms with Gasteiger partial charge >= 0.3 is 0 Å². The van der Waals surface area contributed by atoms with Gasteiger partial charge in [0.25, 0.3) is 5.56 Å². The second-order valence-corrected chi connectivity index (χ2v) is 8.21. The molecule has 1 amide bonds. The van der Waals surface area contributed by atoms with E-state index in [0.717, 1.165) is 29.5 Å². The molecule has 0 bridgehead atoms. The highest BCUT2D eigenvalue weighted by Gasteiger charge is 2.27. The maximum atomic E-state index is 12.9. The van der Waals surface area contributed by atoms with Crippen LogP contribution in [0, 0.1) is 0 Å². The molecule has 3 heterocycles. The SMILES string of the molecule is C[C@@H]1CN(C(=O)Cn2cnc3sc4c(c3c2=O)CCCC4)C[C@H](C)O1. The van der Waals surface area contributed by atoms with E-state index in [-0.39, 0.29) is 30.2 Å². The van der Waals surface area contributed by atoms with E-state index in [4.69, 9.17) is 4.74 Å². The van der Waals surface area contributed by atoms with Crippen molar-refractivity contribution in [1.29, 1.82) is 0 Å². The lowest BCUT2D eigenvalue weighted by molar-refractivity contribution is -0.143. The Bertz CT molecular complexity index is 862. The van der Waals surface area contributed by atoms with Gasteiger partial charge in [0.05, 0.1) is 23.9 Å². The van der Waals surface area contributed by atoms with Crippen LogP contribution < -0.4 is 5.56 Å². The first-order valence-corrected chi connectivity index (χ1v) is 9.77. The van der Waals surface area contributed by atoms with Crippen LogP contribution in [0.15, 0.2) is 11.1 Å². The Balaban J connectivity index is 1.62. The summed E-state index contributed by atoms with van der Waals surface area (Å²) in [6, 6.07) is 0. The van der Waals surface area contributed by atoms with Gasteiger partial charge in [0, 0.05) is 18.0 Å². The van der Waals surface area contributed by atoms with E-state index in [2.05, 4.69) is 4.98 Å². The smallest absolute Gasteiger partial charge is 0.262 e. The van der Waals surface area contributed by atoms with Crippen molar-refractivity contribution in [3.8, 4) is 0 Å². The van der Waals surface area contributed by atoms with Gasteiger partial charge in [-0.2, -0.15) is 0 Å². The highest BCUT2D eigenvalue weighted by atomic mass is 32.1. The monoisotopic (exact) mass is 361 g/mol. The molecule has 6 nitrogen and oxygen atoms in total. The predicted molar refractivity (Wildman–Crippen MR) is 97.1 cm³/mol. The maximum absolute atomic E-state index is 12.9. The fourth-order valence-electron chi connectivity index (χ4n) is 3.92. The number of thiophene rings is 1. The number of carbonyl (C=O) groups is 1. The Hall–Kier alpha value is -1.73. The molecular weight excluding hydrogens is 338 g/mol. The first-order chi connectivity index (χ1) is 12.0. The lowest BCUT2D eigenvalue weighted by Gasteiger charge is -2.35. The number of carbonyl (C=O) groups excluding carboxylic acids is 1. The zero-order valence-electron chi connectivity index (χ0n) is 14.7. The van der Waals surface area contributed by atoms with Crippen molar-refractivity contribution in [2.75, 3.05) is 13.1 Å². The summed E-state index contributed by atoms with van der Waals surface area (Å²) >= 11 is 1.63. The first kappa shape index (κ1) is 16.7. The van der Waals surface area contributed by atoms with Crippen LogP contribution in [-0.4, -0.2) is 45.7 Å². The summed E-state index contributed by atoms with van der Waals surface area (Å²) in [4.78, 5) is 34.0. The molecule has 2 atom stereocenters. The predicted octanol–water partition coefficient (Wildman–Crippen LogP) is 1.97. The molecule has 1 aliphatic carbocycles. The van der Waals surface area contributed by atoms with Crippen LogP contribution in [0.1, 0.15) is 37.1 Å².